The molecule has 0 saturated heterocycles. The van der Waals surface area contributed by atoms with E-state index in [-0.39, 0.29) is 28.4 Å². The SMILES string of the molecule is CCCN(CC(=O)NC)c1snc(N)c1S(=O)(=O)C1CC1. The highest BCUT2D eigenvalue weighted by Crippen LogP contribution is 2.42. The van der Waals surface area contributed by atoms with Gasteiger partial charge in [-0.15, -0.1) is 0 Å². The third-order valence-electron chi connectivity index (χ3n) is 3.30. The third kappa shape index (κ3) is 3.29. The summed E-state index contributed by atoms with van der Waals surface area (Å²) in [6, 6.07) is 0. The van der Waals surface area contributed by atoms with Gasteiger partial charge in [-0.3, -0.25) is 4.79 Å². The molecule has 1 aliphatic rings. The van der Waals surface area contributed by atoms with Crippen molar-refractivity contribution in [3.8, 4) is 0 Å². The summed E-state index contributed by atoms with van der Waals surface area (Å²) >= 11 is 1.04. The number of anilines is 2. The van der Waals surface area contributed by atoms with Crippen molar-refractivity contribution in [2.24, 2.45) is 0 Å². The zero-order chi connectivity index (χ0) is 15.6. The zero-order valence-electron chi connectivity index (χ0n) is 12.1. The van der Waals surface area contributed by atoms with Crippen LogP contribution in [-0.4, -0.2) is 44.1 Å². The Balaban J connectivity index is 2.39. The number of hydrogen-bond donors (Lipinski definition) is 2. The molecule has 7 nitrogen and oxygen atoms in total. The van der Waals surface area contributed by atoms with Gasteiger partial charge in [0.05, 0.1) is 11.8 Å². The van der Waals surface area contributed by atoms with Crippen LogP contribution in [0.4, 0.5) is 10.8 Å². The fourth-order valence-corrected chi connectivity index (χ4v) is 5.13. The van der Waals surface area contributed by atoms with Crippen molar-refractivity contribution in [3.63, 3.8) is 0 Å². The van der Waals surface area contributed by atoms with Gasteiger partial charge >= 0.3 is 0 Å². The maximum atomic E-state index is 12.5. The van der Waals surface area contributed by atoms with E-state index in [4.69, 9.17) is 5.73 Å². The lowest BCUT2D eigenvalue weighted by molar-refractivity contribution is -0.119. The molecule has 0 bridgehead atoms. The lowest BCUT2D eigenvalue weighted by atomic mass is 10.4. The second-order valence-corrected chi connectivity index (χ2v) is 7.96. The average Bonchev–Trinajstić information content (AvgIpc) is 3.22. The minimum Gasteiger partial charge on any atom is -0.382 e. The van der Waals surface area contributed by atoms with E-state index in [0.29, 0.717) is 24.4 Å². The second-order valence-electron chi connectivity index (χ2n) is 5.04. The second kappa shape index (κ2) is 6.18. The van der Waals surface area contributed by atoms with Crippen molar-refractivity contribution >= 4 is 38.1 Å². The van der Waals surface area contributed by atoms with Gasteiger partial charge in [-0.05, 0) is 30.8 Å². The molecule has 1 aliphatic carbocycles. The first-order valence-corrected chi connectivity index (χ1v) is 9.18. The highest BCUT2D eigenvalue weighted by atomic mass is 32.2. The number of nitrogens with zero attached hydrogens (tertiary/aromatic N) is 2. The first-order valence-electron chi connectivity index (χ1n) is 6.86. The lowest BCUT2D eigenvalue weighted by Gasteiger charge is -2.22. The Morgan fingerprint density at radius 3 is 2.71 bits per heavy atom. The molecule has 1 amide bonds. The largest absolute Gasteiger partial charge is 0.382 e. The molecule has 21 heavy (non-hydrogen) atoms. The zero-order valence-corrected chi connectivity index (χ0v) is 13.8. The molecule has 118 valence electrons. The van der Waals surface area contributed by atoms with Crippen LogP contribution in [0, 0.1) is 0 Å². The molecule has 0 spiro atoms. The van der Waals surface area contributed by atoms with E-state index >= 15 is 0 Å². The molecule has 0 unspecified atom stereocenters. The molecule has 0 aromatic carbocycles. The number of rotatable bonds is 7. The Labute approximate surface area is 128 Å². The third-order valence-corrected chi connectivity index (χ3v) is 6.67. The number of carbonyl (C=O) groups excluding carboxylic acids is 1. The molecule has 1 fully saturated rings. The van der Waals surface area contributed by atoms with Gasteiger partial charge in [0.2, 0.25) is 5.91 Å². The average molecular weight is 332 g/mol. The van der Waals surface area contributed by atoms with Gasteiger partial charge in [0, 0.05) is 13.6 Å². The highest BCUT2D eigenvalue weighted by molar-refractivity contribution is 7.92. The summed E-state index contributed by atoms with van der Waals surface area (Å²) in [6.45, 7) is 2.64. The van der Waals surface area contributed by atoms with Crippen LogP contribution < -0.4 is 16.0 Å². The topological polar surface area (TPSA) is 105 Å². The lowest BCUT2D eigenvalue weighted by Crippen LogP contribution is -2.36. The molecule has 1 heterocycles. The van der Waals surface area contributed by atoms with E-state index in [1.54, 1.807) is 11.9 Å². The van der Waals surface area contributed by atoms with Gasteiger partial charge < -0.3 is 16.0 Å². The first-order chi connectivity index (χ1) is 9.91. The van der Waals surface area contributed by atoms with E-state index in [1.165, 1.54) is 0 Å². The number of hydrogen-bond acceptors (Lipinski definition) is 7. The van der Waals surface area contributed by atoms with Crippen molar-refractivity contribution < 1.29 is 13.2 Å². The van der Waals surface area contributed by atoms with Crippen LogP contribution in [0.1, 0.15) is 26.2 Å². The standard InChI is InChI=1S/C12H20N4O3S2/c1-3-6-16(7-9(17)14-2)12-10(11(13)15-20-12)21(18,19)8-4-5-8/h8H,3-7H2,1-2H3,(H2,13,15)(H,14,17). The van der Waals surface area contributed by atoms with E-state index in [2.05, 4.69) is 9.69 Å². The van der Waals surface area contributed by atoms with E-state index in [9.17, 15) is 13.2 Å². The van der Waals surface area contributed by atoms with Crippen LogP contribution >= 0.6 is 11.5 Å². The minimum atomic E-state index is -3.44. The Morgan fingerprint density at radius 1 is 1.52 bits per heavy atom. The molecular weight excluding hydrogens is 312 g/mol. The van der Waals surface area contributed by atoms with Crippen LogP contribution in [-0.2, 0) is 14.6 Å². The number of nitrogens with one attached hydrogen (secondary N) is 1. The van der Waals surface area contributed by atoms with Gasteiger partial charge in [-0.25, -0.2) is 8.42 Å². The molecular formula is C12H20N4O3S2. The van der Waals surface area contributed by atoms with Crippen molar-refractivity contribution in [2.75, 3.05) is 30.8 Å². The quantitative estimate of drug-likeness (QED) is 0.758. The van der Waals surface area contributed by atoms with Crippen molar-refractivity contribution in [2.45, 2.75) is 36.3 Å². The maximum Gasteiger partial charge on any atom is 0.239 e. The van der Waals surface area contributed by atoms with Crippen LogP contribution in [0.2, 0.25) is 0 Å². The van der Waals surface area contributed by atoms with Gasteiger partial charge in [-0.1, -0.05) is 6.92 Å². The first kappa shape index (κ1) is 16.0. The van der Waals surface area contributed by atoms with Crippen molar-refractivity contribution in [1.82, 2.24) is 9.69 Å². The van der Waals surface area contributed by atoms with Gasteiger partial charge in [-0.2, -0.15) is 4.37 Å². The number of nitrogen functional groups attached to an aromatic ring is 1. The summed E-state index contributed by atoms with van der Waals surface area (Å²) in [5.41, 5.74) is 5.78. The van der Waals surface area contributed by atoms with Crippen LogP contribution in [0.25, 0.3) is 0 Å². The Morgan fingerprint density at radius 2 is 2.19 bits per heavy atom. The molecule has 1 aromatic rings. The summed E-state index contributed by atoms with van der Waals surface area (Å²) in [5.74, 6) is -0.134. The highest BCUT2D eigenvalue weighted by Gasteiger charge is 2.41. The minimum absolute atomic E-state index is 0.0416. The summed E-state index contributed by atoms with van der Waals surface area (Å²) in [7, 11) is -1.89. The summed E-state index contributed by atoms with van der Waals surface area (Å²) in [6.07, 6.45) is 2.12. The van der Waals surface area contributed by atoms with Crippen LogP contribution in [0.3, 0.4) is 0 Å². The Hall–Kier alpha value is -1.35. The molecule has 0 radical (unpaired) electrons. The van der Waals surface area contributed by atoms with Crippen LogP contribution in [0.15, 0.2) is 4.90 Å². The van der Waals surface area contributed by atoms with Gasteiger partial charge in [0.15, 0.2) is 15.7 Å². The van der Waals surface area contributed by atoms with Crippen molar-refractivity contribution in [3.05, 3.63) is 0 Å². The van der Waals surface area contributed by atoms with E-state index < -0.39 is 9.84 Å². The number of likely N-dealkylation sites (N-methyl/N-ethyl adjacent to an activating group) is 1. The number of carbonyl (C=O) groups is 1. The predicted octanol–water partition coefficient (Wildman–Crippen LogP) is 0.624. The molecule has 2 rings (SSSR count). The fraction of sp³-hybridized carbons (Fsp3) is 0.667. The number of nitrogens with two attached hydrogens (primary N) is 1. The molecule has 1 saturated carbocycles. The Bertz CT molecular complexity index is 622. The smallest absolute Gasteiger partial charge is 0.239 e. The van der Waals surface area contributed by atoms with Crippen molar-refractivity contribution in [1.29, 1.82) is 0 Å². The number of aromatic nitrogens is 1. The summed E-state index contributed by atoms with van der Waals surface area (Å²) < 4.78 is 29.0. The molecule has 0 aliphatic heterocycles. The Kier molecular flexibility index (Phi) is 4.72. The van der Waals surface area contributed by atoms with Crippen LogP contribution in [0.5, 0.6) is 0 Å². The summed E-state index contributed by atoms with van der Waals surface area (Å²) in [4.78, 5) is 13.5. The fourth-order valence-electron chi connectivity index (χ4n) is 2.07. The van der Waals surface area contributed by atoms with E-state index in [0.717, 1.165) is 18.0 Å². The molecule has 3 N–H and O–H groups in total. The predicted molar refractivity (Wildman–Crippen MR) is 83.3 cm³/mol. The summed E-state index contributed by atoms with van der Waals surface area (Å²) in [5, 5.41) is 2.67. The molecule has 1 aromatic heterocycles. The maximum absolute atomic E-state index is 12.5. The molecule has 0 atom stereocenters. The van der Waals surface area contributed by atoms with Gasteiger partial charge in [0.1, 0.15) is 9.90 Å². The normalized spacial score (nSPS) is 15.0. The molecule has 9 heteroatoms. The van der Waals surface area contributed by atoms with E-state index in [1.807, 2.05) is 6.92 Å². The monoisotopic (exact) mass is 332 g/mol. The number of sulfone groups is 1. The van der Waals surface area contributed by atoms with Gasteiger partial charge in [0.25, 0.3) is 0 Å². The number of amides is 1.